The molecule has 0 spiro atoms. The highest BCUT2D eigenvalue weighted by atomic mass is 16.6. The third-order valence-electron chi connectivity index (χ3n) is 2.69. The van der Waals surface area contributed by atoms with Crippen LogP contribution in [0.4, 0.5) is 0 Å². The summed E-state index contributed by atoms with van der Waals surface area (Å²) in [6.45, 7) is 1.81. The highest BCUT2D eigenvalue weighted by Gasteiger charge is 2.26. The van der Waals surface area contributed by atoms with E-state index in [1.54, 1.807) is 19.2 Å². The van der Waals surface area contributed by atoms with Crippen LogP contribution >= 0.6 is 0 Å². The van der Waals surface area contributed by atoms with Gasteiger partial charge in [-0.25, -0.2) is 4.79 Å². The maximum absolute atomic E-state index is 11.7. The van der Waals surface area contributed by atoms with E-state index in [4.69, 9.17) is 4.74 Å². The van der Waals surface area contributed by atoms with Crippen molar-refractivity contribution < 1.29 is 19.1 Å². The Bertz CT molecular complexity index is 462. The molecule has 0 aliphatic carbocycles. The zero-order valence-electron chi connectivity index (χ0n) is 9.20. The summed E-state index contributed by atoms with van der Waals surface area (Å²) in [5.74, 6) is -0.427. The molecule has 0 atom stereocenters. The number of aryl methyl sites for hydroxylation is 1. The molecule has 1 aromatic rings. The molecule has 1 heterocycles. The van der Waals surface area contributed by atoms with Gasteiger partial charge in [-0.1, -0.05) is 6.07 Å². The number of carbonyl (C=O) groups is 2. The van der Waals surface area contributed by atoms with Crippen molar-refractivity contribution in [2.45, 2.75) is 19.8 Å². The monoisotopic (exact) mass is 220 g/mol. The topological polar surface area (TPSA) is 52.6 Å². The van der Waals surface area contributed by atoms with E-state index in [2.05, 4.69) is 4.74 Å². The van der Waals surface area contributed by atoms with Crippen molar-refractivity contribution in [3.05, 3.63) is 28.8 Å². The molecule has 0 N–H and O–H groups in total. The fourth-order valence-electron chi connectivity index (χ4n) is 1.90. The SMILES string of the molecule is COc1ccc(C)c2c1CCC(=O)OC2=O. The number of hydrogen-bond donors (Lipinski definition) is 0. The Hall–Kier alpha value is -1.84. The highest BCUT2D eigenvalue weighted by Crippen LogP contribution is 2.29. The van der Waals surface area contributed by atoms with Crippen LogP contribution in [0.1, 0.15) is 27.9 Å². The van der Waals surface area contributed by atoms with Crippen molar-refractivity contribution in [1.82, 2.24) is 0 Å². The first kappa shape index (κ1) is 10.7. The van der Waals surface area contributed by atoms with E-state index in [-0.39, 0.29) is 6.42 Å². The van der Waals surface area contributed by atoms with Gasteiger partial charge in [0.2, 0.25) is 0 Å². The number of esters is 2. The minimum absolute atomic E-state index is 0.207. The second-order valence-electron chi connectivity index (χ2n) is 3.70. The summed E-state index contributed by atoms with van der Waals surface area (Å²) in [4.78, 5) is 22.9. The molecule has 4 heteroatoms. The van der Waals surface area contributed by atoms with Crippen molar-refractivity contribution in [3.8, 4) is 5.75 Å². The van der Waals surface area contributed by atoms with Crippen LogP contribution in [0.3, 0.4) is 0 Å². The Labute approximate surface area is 93.2 Å². The Morgan fingerprint density at radius 2 is 2.00 bits per heavy atom. The third kappa shape index (κ3) is 1.66. The summed E-state index contributed by atoms with van der Waals surface area (Å²) in [6.07, 6.45) is 0.684. The van der Waals surface area contributed by atoms with Gasteiger partial charge in [-0.15, -0.1) is 0 Å². The van der Waals surface area contributed by atoms with Gasteiger partial charge in [-0.2, -0.15) is 0 Å². The van der Waals surface area contributed by atoms with Gasteiger partial charge in [-0.05, 0) is 25.0 Å². The van der Waals surface area contributed by atoms with Crippen LogP contribution in [0.25, 0.3) is 0 Å². The second kappa shape index (κ2) is 3.96. The maximum Gasteiger partial charge on any atom is 0.346 e. The van der Waals surface area contributed by atoms with Gasteiger partial charge in [-0.3, -0.25) is 4.79 Å². The largest absolute Gasteiger partial charge is 0.496 e. The summed E-state index contributed by atoms with van der Waals surface area (Å²) in [7, 11) is 1.54. The van der Waals surface area contributed by atoms with Gasteiger partial charge >= 0.3 is 11.9 Å². The van der Waals surface area contributed by atoms with E-state index in [1.165, 1.54) is 0 Å². The molecule has 16 heavy (non-hydrogen) atoms. The Morgan fingerprint density at radius 3 is 2.69 bits per heavy atom. The van der Waals surface area contributed by atoms with Gasteiger partial charge in [0.25, 0.3) is 0 Å². The van der Waals surface area contributed by atoms with Crippen LogP contribution in [0.15, 0.2) is 12.1 Å². The van der Waals surface area contributed by atoms with E-state index in [9.17, 15) is 9.59 Å². The fourth-order valence-corrected chi connectivity index (χ4v) is 1.90. The third-order valence-corrected chi connectivity index (χ3v) is 2.69. The van der Waals surface area contributed by atoms with E-state index >= 15 is 0 Å². The molecule has 2 rings (SSSR count). The lowest BCUT2D eigenvalue weighted by atomic mass is 9.98. The van der Waals surface area contributed by atoms with Crippen LogP contribution in [0.2, 0.25) is 0 Å². The lowest BCUT2D eigenvalue weighted by molar-refractivity contribution is -0.137. The van der Waals surface area contributed by atoms with Crippen LogP contribution < -0.4 is 4.74 Å². The quantitative estimate of drug-likeness (QED) is 0.533. The zero-order chi connectivity index (χ0) is 11.7. The Morgan fingerprint density at radius 1 is 1.25 bits per heavy atom. The van der Waals surface area contributed by atoms with E-state index < -0.39 is 11.9 Å². The predicted octanol–water partition coefficient (Wildman–Crippen LogP) is 1.63. The molecule has 1 aliphatic heterocycles. The molecule has 0 bridgehead atoms. The molecule has 0 fully saturated rings. The summed E-state index contributed by atoms with van der Waals surface area (Å²) in [5.41, 5.74) is 2.03. The molecule has 0 amide bonds. The number of rotatable bonds is 1. The summed E-state index contributed by atoms with van der Waals surface area (Å²) < 4.78 is 9.87. The van der Waals surface area contributed by atoms with Gasteiger partial charge in [0.1, 0.15) is 5.75 Å². The van der Waals surface area contributed by atoms with Crippen molar-refractivity contribution in [1.29, 1.82) is 0 Å². The first-order chi connectivity index (χ1) is 7.63. The maximum atomic E-state index is 11.7. The number of methoxy groups -OCH3 is 1. The van der Waals surface area contributed by atoms with Crippen LogP contribution in [-0.2, 0) is 16.0 Å². The summed E-state index contributed by atoms with van der Waals surface area (Å²) in [6, 6.07) is 3.59. The Kier molecular flexibility index (Phi) is 2.64. The average molecular weight is 220 g/mol. The van der Waals surface area contributed by atoms with Crippen LogP contribution in [0, 0.1) is 6.92 Å². The van der Waals surface area contributed by atoms with E-state index in [0.717, 1.165) is 11.1 Å². The van der Waals surface area contributed by atoms with E-state index in [1.807, 2.05) is 6.92 Å². The molecule has 0 aromatic heterocycles. The Balaban J connectivity index is 2.61. The summed E-state index contributed by atoms with van der Waals surface area (Å²) >= 11 is 0. The van der Waals surface area contributed by atoms with Crippen LogP contribution in [-0.4, -0.2) is 19.0 Å². The van der Waals surface area contributed by atoms with Gasteiger partial charge in [0.05, 0.1) is 19.1 Å². The number of benzene rings is 1. The lowest BCUT2D eigenvalue weighted by Gasteiger charge is -2.11. The first-order valence-corrected chi connectivity index (χ1v) is 5.05. The summed E-state index contributed by atoms with van der Waals surface area (Å²) in [5, 5.41) is 0. The standard InChI is InChI=1S/C12H12O4/c1-7-3-5-9(15-2)8-4-6-10(13)16-12(14)11(7)8/h3,5H,4,6H2,1-2H3. The zero-order valence-corrected chi connectivity index (χ0v) is 9.20. The molecule has 4 nitrogen and oxygen atoms in total. The lowest BCUT2D eigenvalue weighted by Crippen LogP contribution is -2.10. The highest BCUT2D eigenvalue weighted by molar-refractivity contribution is 6.01. The molecule has 1 aliphatic rings. The van der Waals surface area contributed by atoms with Crippen molar-refractivity contribution in [2.24, 2.45) is 0 Å². The normalized spacial score (nSPS) is 15.1. The molecule has 0 unspecified atom stereocenters. The smallest absolute Gasteiger partial charge is 0.346 e. The van der Waals surface area contributed by atoms with Crippen molar-refractivity contribution in [3.63, 3.8) is 0 Å². The number of cyclic esters (lactones) is 2. The minimum Gasteiger partial charge on any atom is -0.496 e. The molecular weight excluding hydrogens is 208 g/mol. The molecular formula is C12H12O4. The van der Waals surface area contributed by atoms with Crippen LogP contribution in [0.5, 0.6) is 5.75 Å². The van der Waals surface area contributed by atoms with E-state index in [0.29, 0.717) is 17.7 Å². The first-order valence-electron chi connectivity index (χ1n) is 5.05. The van der Waals surface area contributed by atoms with Gasteiger partial charge in [0, 0.05) is 5.56 Å². The minimum atomic E-state index is -0.575. The fraction of sp³-hybridized carbons (Fsp3) is 0.333. The van der Waals surface area contributed by atoms with Gasteiger partial charge in [0.15, 0.2) is 0 Å². The number of hydrogen-bond acceptors (Lipinski definition) is 4. The second-order valence-corrected chi connectivity index (χ2v) is 3.70. The van der Waals surface area contributed by atoms with Crippen molar-refractivity contribution >= 4 is 11.9 Å². The number of ether oxygens (including phenoxy) is 2. The number of fused-ring (bicyclic) bond motifs is 1. The predicted molar refractivity (Wildman–Crippen MR) is 56.5 cm³/mol. The van der Waals surface area contributed by atoms with Crippen molar-refractivity contribution in [2.75, 3.05) is 7.11 Å². The molecule has 84 valence electrons. The molecule has 0 radical (unpaired) electrons. The number of carbonyl (C=O) groups excluding carboxylic acids is 2. The molecule has 0 saturated carbocycles. The average Bonchev–Trinajstić information content (AvgIpc) is 2.39. The molecule has 0 saturated heterocycles. The van der Waals surface area contributed by atoms with Gasteiger partial charge < -0.3 is 9.47 Å². The molecule has 1 aromatic carbocycles.